The van der Waals surface area contributed by atoms with E-state index >= 15 is 0 Å². The summed E-state index contributed by atoms with van der Waals surface area (Å²) in [4.78, 5) is 24.8. The third kappa shape index (κ3) is 6.43. The number of carbonyl (C=O) groups is 2. The Bertz CT molecular complexity index is 848. The lowest BCUT2D eigenvalue weighted by molar-refractivity contribution is -0.169. The molecule has 0 bridgehead atoms. The fraction of sp³-hybridized carbons (Fsp3) is 0.579. The first-order chi connectivity index (χ1) is 13.9. The SMILES string of the molecule is CCOC(=O)CN(CC(F)(F)F)C(=O)C1CCN(S(=O)(=O)c2ccc(C)cc2)CC1. The summed E-state index contributed by atoms with van der Waals surface area (Å²) in [6.45, 7) is 0.981. The standard InChI is InChI=1S/C19H25F3N2O5S/c1-3-29-17(25)12-23(13-19(20,21)22)18(26)15-8-10-24(11-9-15)30(27,28)16-6-4-14(2)5-7-16/h4-7,15H,3,8-13H2,1-2H3. The van der Waals surface area contributed by atoms with Crippen molar-refractivity contribution in [2.45, 2.75) is 37.8 Å². The van der Waals surface area contributed by atoms with Crippen LogP contribution in [0.15, 0.2) is 29.2 Å². The van der Waals surface area contributed by atoms with Gasteiger partial charge < -0.3 is 9.64 Å². The van der Waals surface area contributed by atoms with Crippen LogP contribution in [0, 0.1) is 12.8 Å². The summed E-state index contributed by atoms with van der Waals surface area (Å²) in [6, 6.07) is 6.33. The van der Waals surface area contributed by atoms with Gasteiger partial charge >= 0.3 is 12.1 Å². The van der Waals surface area contributed by atoms with Gasteiger partial charge in [-0.1, -0.05) is 17.7 Å². The quantitative estimate of drug-likeness (QED) is 0.596. The van der Waals surface area contributed by atoms with Gasteiger partial charge in [0, 0.05) is 19.0 Å². The predicted octanol–water partition coefficient (Wildman–Crippen LogP) is 2.35. The average molecular weight is 450 g/mol. The average Bonchev–Trinajstić information content (AvgIpc) is 2.66. The van der Waals surface area contributed by atoms with E-state index in [1.807, 2.05) is 6.92 Å². The first-order valence-corrected chi connectivity index (χ1v) is 11.0. The highest BCUT2D eigenvalue weighted by molar-refractivity contribution is 7.89. The maximum Gasteiger partial charge on any atom is 0.406 e. The summed E-state index contributed by atoms with van der Waals surface area (Å²) in [5.41, 5.74) is 0.907. The number of halogens is 3. The van der Waals surface area contributed by atoms with Crippen LogP contribution < -0.4 is 0 Å². The van der Waals surface area contributed by atoms with E-state index in [1.165, 1.54) is 23.4 Å². The second kappa shape index (κ2) is 9.78. The highest BCUT2D eigenvalue weighted by Gasteiger charge is 2.39. The van der Waals surface area contributed by atoms with Crippen LogP contribution in [0.3, 0.4) is 0 Å². The van der Waals surface area contributed by atoms with Crippen molar-refractivity contribution in [3.8, 4) is 0 Å². The molecule has 30 heavy (non-hydrogen) atoms. The van der Waals surface area contributed by atoms with Crippen molar-refractivity contribution in [1.29, 1.82) is 0 Å². The van der Waals surface area contributed by atoms with Gasteiger partial charge in [0.15, 0.2) is 0 Å². The van der Waals surface area contributed by atoms with Crippen molar-refractivity contribution in [2.24, 2.45) is 5.92 Å². The molecular weight excluding hydrogens is 425 g/mol. The number of hydrogen-bond acceptors (Lipinski definition) is 5. The number of esters is 1. The molecule has 168 valence electrons. The van der Waals surface area contributed by atoms with E-state index in [1.54, 1.807) is 12.1 Å². The van der Waals surface area contributed by atoms with Crippen LogP contribution >= 0.6 is 0 Å². The fourth-order valence-corrected chi connectivity index (χ4v) is 4.72. The molecular formula is C19H25F3N2O5S. The monoisotopic (exact) mass is 450 g/mol. The van der Waals surface area contributed by atoms with Crippen molar-refractivity contribution in [3.05, 3.63) is 29.8 Å². The number of hydrogen-bond donors (Lipinski definition) is 0. The van der Waals surface area contributed by atoms with Gasteiger partial charge in [0.25, 0.3) is 0 Å². The van der Waals surface area contributed by atoms with Crippen molar-refractivity contribution in [2.75, 3.05) is 32.8 Å². The number of piperidine rings is 1. The van der Waals surface area contributed by atoms with E-state index in [4.69, 9.17) is 0 Å². The zero-order chi connectivity index (χ0) is 22.5. The van der Waals surface area contributed by atoms with E-state index < -0.39 is 47.1 Å². The number of benzene rings is 1. The molecule has 1 aliphatic heterocycles. The second-order valence-electron chi connectivity index (χ2n) is 7.11. The van der Waals surface area contributed by atoms with E-state index in [-0.39, 0.29) is 37.4 Å². The van der Waals surface area contributed by atoms with E-state index in [0.29, 0.717) is 4.90 Å². The molecule has 0 saturated carbocycles. The van der Waals surface area contributed by atoms with Gasteiger partial charge in [-0.05, 0) is 38.8 Å². The third-order valence-electron chi connectivity index (χ3n) is 4.77. The smallest absolute Gasteiger partial charge is 0.406 e. The molecule has 1 aromatic carbocycles. The zero-order valence-electron chi connectivity index (χ0n) is 16.8. The lowest BCUT2D eigenvalue weighted by atomic mass is 9.96. The number of rotatable bonds is 7. The highest BCUT2D eigenvalue weighted by atomic mass is 32.2. The van der Waals surface area contributed by atoms with Crippen LogP contribution in [0.1, 0.15) is 25.3 Å². The molecule has 0 atom stereocenters. The minimum absolute atomic E-state index is 0.00583. The Labute approximate surface area is 173 Å². The number of alkyl halides is 3. The first-order valence-electron chi connectivity index (χ1n) is 9.52. The van der Waals surface area contributed by atoms with E-state index in [0.717, 1.165) is 5.56 Å². The van der Waals surface area contributed by atoms with Crippen molar-refractivity contribution >= 4 is 21.9 Å². The van der Waals surface area contributed by atoms with Crippen molar-refractivity contribution < 1.29 is 35.9 Å². The van der Waals surface area contributed by atoms with Crippen LogP contribution in [0.5, 0.6) is 0 Å². The number of sulfonamides is 1. The summed E-state index contributed by atoms with van der Waals surface area (Å²) in [6.07, 6.45) is -4.53. The van der Waals surface area contributed by atoms with E-state index in [2.05, 4.69) is 4.74 Å². The Morgan fingerprint density at radius 2 is 1.73 bits per heavy atom. The molecule has 0 spiro atoms. The number of nitrogens with zero attached hydrogens (tertiary/aromatic N) is 2. The molecule has 1 aliphatic rings. The Morgan fingerprint density at radius 3 is 2.23 bits per heavy atom. The summed E-state index contributed by atoms with van der Waals surface area (Å²) in [7, 11) is -3.75. The molecule has 2 rings (SSSR count). The largest absolute Gasteiger partial charge is 0.465 e. The lowest BCUT2D eigenvalue weighted by Crippen LogP contribution is -2.48. The molecule has 1 amide bonds. The van der Waals surface area contributed by atoms with Crippen LogP contribution in [0.25, 0.3) is 0 Å². The molecule has 0 aromatic heterocycles. The van der Waals surface area contributed by atoms with Crippen molar-refractivity contribution in [1.82, 2.24) is 9.21 Å². The molecule has 11 heteroatoms. The number of carbonyl (C=O) groups excluding carboxylic acids is 2. The molecule has 1 saturated heterocycles. The van der Waals surface area contributed by atoms with Crippen LogP contribution in [-0.2, 0) is 24.3 Å². The number of ether oxygens (including phenoxy) is 1. The highest BCUT2D eigenvalue weighted by Crippen LogP contribution is 2.26. The summed E-state index contributed by atoms with van der Waals surface area (Å²) >= 11 is 0. The van der Waals surface area contributed by atoms with Gasteiger partial charge in [0.1, 0.15) is 13.1 Å². The minimum Gasteiger partial charge on any atom is -0.465 e. The van der Waals surface area contributed by atoms with Crippen LogP contribution in [0.2, 0.25) is 0 Å². The molecule has 0 aliphatic carbocycles. The number of aryl methyl sites for hydroxylation is 1. The Hall–Kier alpha value is -2.14. The fourth-order valence-electron chi connectivity index (χ4n) is 3.25. The molecule has 0 N–H and O–H groups in total. The summed E-state index contributed by atoms with van der Waals surface area (Å²) < 4.78 is 70.0. The van der Waals surface area contributed by atoms with Gasteiger partial charge in [-0.2, -0.15) is 17.5 Å². The third-order valence-corrected chi connectivity index (χ3v) is 6.68. The zero-order valence-corrected chi connectivity index (χ0v) is 17.6. The molecule has 0 radical (unpaired) electrons. The normalized spacial score (nSPS) is 16.3. The van der Waals surface area contributed by atoms with Gasteiger partial charge in [-0.15, -0.1) is 0 Å². The van der Waals surface area contributed by atoms with Gasteiger partial charge in [-0.3, -0.25) is 9.59 Å². The van der Waals surface area contributed by atoms with Crippen LogP contribution in [0.4, 0.5) is 13.2 Å². The predicted molar refractivity (Wildman–Crippen MR) is 102 cm³/mol. The van der Waals surface area contributed by atoms with Gasteiger partial charge in [0.05, 0.1) is 11.5 Å². The Balaban J connectivity index is 2.06. The molecule has 1 heterocycles. The Kier molecular flexibility index (Phi) is 7.87. The van der Waals surface area contributed by atoms with Gasteiger partial charge in [0.2, 0.25) is 15.9 Å². The Morgan fingerprint density at radius 1 is 1.17 bits per heavy atom. The summed E-state index contributed by atoms with van der Waals surface area (Å²) in [5, 5.41) is 0. The second-order valence-corrected chi connectivity index (χ2v) is 9.04. The lowest BCUT2D eigenvalue weighted by Gasteiger charge is -2.33. The maximum atomic E-state index is 12.9. The molecule has 1 aromatic rings. The first kappa shape index (κ1) is 24.1. The molecule has 7 nitrogen and oxygen atoms in total. The maximum absolute atomic E-state index is 12.9. The molecule has 1 fully saturated rings. The van der Waals surface area contributed by atoms with Crippen LogP contribution in [-0.4, -0.2) is 68.5 Å². The minimum atomic E-state index is -4.67. The number of amides is 1. The van der Waals surface area contributed by atoms with E-state index in [9.17, 15) is 31.2 Å². The van der Waals surface area contributed by atoms with Crippen molar-refractivity contribution in [3.63, 3.8) is 0 Å². The summed E-state index contributed by atoms with van der Waals surface area (Å²) in [5.74, 6) is -2.55. The molecule has 0 unspecified atom stereocenters. The van der Waals surface area contributed by atoms with Gasteiger partial charge in [-0.25, -0.2) is 8.42 Å². The topological polar surface area (TPSA) is 84.0 Å².